The second-order valence-corrected chi connectivity index (χ2v) is 5.37. The highest BCUT2D eigenvalue weighted by Crippen LogP contribution is 2.28. The molecule has 2 N–H and O–H groups in total. The van der Waals surface area contributed by atoms with Crippen LogP contribution in [0.15, 0.2) is 29.2 Å². The number of halogens is 2. The normalized spacial score (nSPS) is 10.6. The Kier molecular flexibility index (Phi) is 7.74. The standard InChI is InChI=1S/C14H17F2NO3S/c15-14(16)21-11-7-4-3-6-10(11)13(20)17-9-5-1-2-8-12(18)19/h3-4,6-7,14H,1-2,5,8-9H2,(H,17,20)(H,18,19). The highest BCUT2D eigenvalue weighted by Gasteiger charge is 2.14. The fraction of sp³-hybridized carbons (Fsp3) is 0.429. The molecular formula is C14H17F2NO3S. The van der Waals surface area contributed by atoms with Gasteiger partial charge in [-0.15, -0.1) is 0 Å². The highest BCUT2D eigenvalue weighted by molar-refractivity contribution is 7.99. The van der Waals surface area contributed by atoms with Crippen LogP contribution in [0.25, 0.3) is 0 Å². The van der Waals surface area contributed by atoms with E-state index in [-0.39, 0.29) is 16.9 Å². The zero-order valence-corrected chi connectivity index (χ0v) is 12.2. The van der Waals surface area contributed by atoms with Gasteiger partial charge in [0.05, 0.1) is 5.56 Å². The molecule has 0 saturated carbocycles. The number of hydrogen-bond acceptors (Lipinski definition) is 3. The molecule has 0 aliphatic rings. The minimum atomic E-state index is -2.57. The summed E-state index contributed by atoms with van der Waals surface area (Å²) in [5, 5.41) is 11.1. The lowest BCUT2D eigenvalue weighted by molar-refractivity contribution is -0.137. The molecule has 1 aromatic carbocycles. The van der Waals surface area contributed by atoms with Gasteiger partial charge in [-0.25, -0.2) is 0 Å². The van der Waals surface area contributed by atoms with Gasteiger partial charge in [-0.05, 0) is 25.0 Å². The van der Waals surface area contributed by atoms with Crippen LogP contribution in [0.4, 0.5) is 8.78 Å². The number of benzene rings is 1. The minimum Gasteiger partial charge on any atom is -0.481 e. The van der Waals surface area contributed by atoms with Gasteiger partial charge in [0.1, 0.15) is 0 Å². The third-order valence-electron chi connectivity index (χ3n) is 2.70. The lowest BCUT2D eigenvalue weighted by Gasteiger charge is -2.09. The maximum Gasteiger partial charge on any atom is 0.303 e. The second kappa shape index (κ2) is 9.33. The first-order valence-corrected chi connectivity index (χ1v) is 7.42. The van der Waals surface area contributed by atoms with E-state index in [1.54, 1.807) is 12.1 Å². The SMILES string of the molecule is O=C(O)CCCCCNC(=O)c1ccccc1SC(F)F. The fourth-order valence-electron chi connectivity index (χ4n) is 1.73. The van der Waals surface area contributed by atoms with Gasteiger partial charge in [0, 0.05) is 17.9 Å². The highest BCUT2D eigenvalue weighted by atomic mass is 32.2. The van der Waals surface area contributed by atoms with Crippen LogP contribution in [0.2, 0.25) is 0 Å². The molecule has 21 heavy (non-hydrogen) atoms. The molecule has 0 aliphatic heterocycles. The Morgan fingerprint density at radius 3 is 2.57 bits per heavy atom. The van der Waals surface area contributed by atoms with Gasteiger partial charge in [0.25, 0.3) is 11.7 Å². The zero-order valence-electron chi connectivity index (χ0n) is 11.4. The van der Waals surface area contributed by atoms with E-state index in [0.717, 1.165) is 0 Å². The molecule has 0 radical (unpaired) electrons. The van der Waals surface area contributed by atoms with Crippen LogP contribution in [-0.2, 0) is 4.79 Å². The Bertz CT molecular complexity index is 483. The van der Waals surface area contributed by atoms with Crippen molar-refractivity contribution in [2.45, 2.75) is 36.3 Å². The van der Waals surface area contributed by atoms with Crippen molar-refractivity contribution in [1.82, 2.24) is 5.32 Å². The number of carbonyl (C=O) groups excluding carboxylic acids is 1. The number of rotatable bonds is 9. The van der Waals surface area contributed by atoms with E-state index in [1.165, 1.54) is 12.1 Å². The van der Waals surface area contributed by atoms with Crippen molar-refractivity contribution in [3.8, 4) is 0 Å². The number of amides is 1. The maximum atomic E-state index is 12.4. The molecule has 0 fully saturated rings. The number of unbranched alkanes of at least 4 members (excludes halogenated alkanes) is 2. The van der Waals surface area contributed by atoms with Crippen LogP contribution in [0, 0.1) is 0 Å². The molecule has 0 aliphatic carbocycles. The largest absolute Gasteiger partial charge is 0.481 e. The van der Waals surface area contributed by atoms with E-state index in [9.17, 15) is 18.4 Å². The third-order valence-corrected chi connectivity index (χ3v) is 3.49. The summed E-state index contributed by atoms with van der Waals surface area (Å²) in [5.41, 5.74) is 0.230. The van der Waals surface area contributed by atoms with Gasteiger partial charge < -0.3 is 10.4 Å². The molecule has 7 heteroatoms. The zero-order chi connectivity index (χ0) is 15.7. The summed E-state index contributed by atoms with van der Waals surface area (Å²) < 4.78 is 24.8. The third kappa shape index (κ3) is 7.08. The van der Waals surface area contributed by atoms with Gasteiger partial charge in [-0.1, -0.05) is 30.3 Å². The summed E-state index contributed by atoms with van der Waals surface area (Å²) in [4.78, 5) is 22.5. The van der Waals surface area contributed by atoms with Crippen LogP contribution in [0.1, 0.15) is 36.0 Å². The number of carboxylic acid groups (broad SMARTS) is 1. The first kappa shape index (κ1) is 17.4. The predicted octanol–water partition coefficient (Wildman–Crippen LogP) is 3.38. The number of carbonyl (C=O) groups is 2. The van der Waals surface area contributed by atoms with Crippen molar-refractivity contribution in [1.29, 1.82) is 0 Å². The molecule has 116 valence electrons. The molecule has 1 rings (SSSR count). The molecule has 0 spiro atoms. The van der Waals surface area contributed by atoms with Crippen molar-refractivity contribution in [3.05, 3.63) is 29.8 Å². The second-order valence-electron chi connectivity index (χ2n) is 4.33. The van der Waals surface area contributed by atoms with Gasteiger partial charge in [-0.2, -0.15) is 8.78 Å². The molecule has 0 atom stereocenters. The van der Waals surface area contributed by atoms with Gasteiger partial charge in [0.15, 0.2) is 0 Å². The molecule has 0 saturated heterocycles. The monoisotopic (exact) mass is 317 g/mol. The Morgan fingerprint density at radius 1 is 1.19 bits per heavy atom. The van der Waals surface area contributed by atoms with Crippen LogP contribution in [-0.4, -0.2) is 29.3 Å². The smallest absolute Gasteiger partial charge is 0.303 e. The number of thioether (sulfide) groups is 1. The first-order valence-electron chi connectivity index (χ1n) is 6.54. The van der Waals surface area contributed by atoms with E-state index in [4.69, 9.17) is 5.11 Å². The number of alkyl halides is 2. The predicted molar refractivity (Wildman–Crippen MR) is 76.7 cm³/mol. The Labute approximate surface area is 125 Å². The quantitative estimate of drug-likeness (QED) is 0.541. The Hall–Kier alpha value is -1.63. The van der Waals surface area contributed by atoms with Crippen molar-refractivity contribution in [3.63, 3.8) is 0 Å². The average molecular weight is 317 g/mol. The van der Waals surface area contributed by atoms with E-state index in [1.807, 2.05) is 0 Å². The van der Waals surface area contributed by atoms with Crippen molar-refractivity contribution in [2.24, 2.45) is 0 Å². The topological polar surface area (TPSA) is 66.4 Å². The molecule has 4 nitrogen and oxygen atoms in total. The molecule has 0 unspecified atom stereocenters. The lowest BCUT2D eigenvalue weighted by Crippen LogP contribution is -2.25. The summed E-state index contributed by atoms with van der Waals surface area (Å²) in [6, 6.07) is 6.22. The van der Waals surface area contributed by atoms with E-state index < -0.39 is 17.6 Å². The molecule has 1 aromatic rings. The summed E-state index contributed by atoms with van der Waals surface area (Å²) in [6.07, 6.45) is 2.02. The van der Waals surface area contributed by atoms with Gasteiger partial charge in [-0.3, -0.25) is 9.59 Å². The summed E-state index contributed by atoms with van der Waals surface area (Å²) in [6.45, 7) is 0.395. The Balaban J connectivity index is 2.40. The number of nitrogens with one attached hydrogen (secondary N) is 1. The number of aliphatic carboxylic acids is 1. The van der Waals surface area contributed by atoms with Crippen LogP contribution >= 0.6 is 11.8 Å². The van der Waals surface area contributed by atoms with Crippen molar-refractivity contribution in [2.75, 3.05) is 6.54 Å². The van der Waals surface area contributed by atoms with Crippen LogP contribution < -0.4 is 5.32 Å². The summed E-state index contributed by atoms with van der Waals surface area (Å²) in [5.74, 6) is -3.80. The lowest BCUT2D eigenvalue weighted by atomic mass is 10.2. The van der Waals surface area contributed by atoms with Crippen molar-refractivity contribution >= 4 is 23.6 Å². The first-order chi connectivity index (χ1) is 10.0. The molecule has 0 bridgehead atoms. The van der Waals surface area contributed by atoms with Crippen LogP contribution in [0.5, 0.6) is 0 Å². The maximum absolute atomic E-state index is 12.4. The fourth-order valence-corrected chi connectivity index (χ4v) is 2.36. The molecule has 0 heterocycles. The number of carboxylic acids is 1. The van der Waals surface area contributed by atoms with Gasteiger partial charge >= 0.3 is 5.97 Å². The van der Waals surface area contributed by atoms with Crippen LogP contribution in [0.3, 0.4) is 0 Å². The number of hydrogen-bond donors (Lipinski definition) is 2. The average Bonchev–Trinajstić information content (AvgIpc) is 2.42. The van der Waals surface area contributed by atoms with E-state index in [2.05, 4.69) is 5.32 Å². The Morgan fingerprint density at radius 2 is 1.90 bits per heavy atom. The molecule has 0 aromatic heterocycles. The molecule has 1 amide bonds. The van der Waals surface area contributed by atoms with E-state index >= 15 is 0 Å². The summed E-state index contributed by atoms with van der Waals surface area (Å²) >= 11 is 0.344. The van der Waals surface area contributed by atoms with Gasteiger partial charge in [0.2, 0.25) is 0 Å². The summed E-state index contributed by atoms with van der Waals surface area (Å²) in [7, 11) is 0. The van der Waals surface area contributed by atoms with E-state index in [0.29, 0.717) is 37.6 Å². The molecular weight excluding hydrogens is 300 g/mol. The minimum absolute atomic E-state index is 0.113. The van der Waals surface area contributed by atoms with Crippen molar-refractivity contribution < 1.29 is 23.5 Å².